The molecule has 1 atom stereocenters. The van der Waals surface area contributed by atoms with Gasteiger partial charge in [-0.05, 0) is 102 Å². The minimum Gasteiger partial charge on any atom is -1.00 e. The van der Waals surface area contributed by atoms with Crippen molar-refractivity contribution in [2.45, 2.75) is 101 Å². The second-order valence-corrected chi connectivity index (χ2v) is 27.5. The number of aldehydes is 1. The van der Waals surface area contributed by atoms with E-state index in [0.29, 0.717) is 32.1 Å². The summed E-state index contributed by atoms with van der Waals surface area (Å²) in [6.45, 7) is 7.72. The van der Waals surface area contributed by atoms with Crippen LogP contribution in [0.4, 0.5) is 37.7 Å². The number of piperidine rings is 1. The number of pyridine rings is 1. The number of carbonyl (C=O) groups is 4. The fourth-order valence-corrected chi connectivity index (χ4v) is 13.2. The molecule has 1 fully saturated rings. The van der Waals surface area contributed by atoms with Crippen molar-refractivity contribution in [1.29, 1.82) is 0 Å². The molecule has 1 unspecified atom stereocenters. The molecule has 3 heterocycles. The average molecular weight is 1530 g/mol. The van der Waals surface area contributed by atoms with Crippen LogP contribution in [0, 0.1) is 6.07 Å². The maximum Gasteiger partial charge on any atom is 1.00 e. The number of hydrogen-bond acceptors (Lipinski definition) is 13. The first kappa shape index (κ1) is 93.3. The SMILES string of the molecule is C.C.CC1(C)CCCC(C)(C)[N-]1.COCN(c1cc(Cl)ccc1C=O)S(=O)(=O)c1ccc(Cl)c(C(F)(F)F)c1.COCN(c1cc(Cl)cnc1C1OC(=O)c2cccc(Cl)c21)S(=O)(=O)c1ccc(Cl)c(C(F)(F)F)c1.O=C(O)c1cccc(Cl)c1.O=C([O-])c1[c-]c(Cl)ccc1.[H-].[Li+].[Li+].[Li+]. The van der Waals surface area contributed by atoms with Crippen LogP contribution in [-0.4, -0.2) is 89.9 Å². The van der Waals surface area contributed by atoms with Gasteiger partial charge in [0, 0.05) is 46.6 Å². The maximum absolute atomic E-state index is 13.6. The molecule has 0 bridgehead atoms. The Balaban J connectivity index is 0. The number of carboxylic acid groups (broad SMARTS) is 2. The van der Waals surface area contributed by atoms with Gasteiger partial charge in [0.1, 0.15) is 19.2 Å². The van der Waals surface area contributed by atoms with Crippen LogP contribution in [0.3, 0.4) is 0 Å². The van der Waals surface area contributed by atoms with Gasteiger partial charge in [-0.1, -0.05) is 144 Å². The van der Waals surface area contributed by atoms with Crippen molar-refractivity contribution in [3.63, 3.8) is 0 Å². The van der Waals surface area contributed by atoms with Crippen molar-refractivity contribution in [2.24, 2.45) is 0 Å². The van der Waals surface area contributed by atoms with Gasteiger partial charge in [-0.3, -0.25) is 9.78 Å². The molecule has 2 aliphatic rings. The van der Waals surface area contributed by atoms with Crippen molar-refractivity contribution in [3.8, 4) is 0 Å². The summed E-state index contributed by atoms with van der Waals surface area (Å²) in [6.07, 6.45) is -5.53. The first-order valence-corrected chi connectivity index (χ1v) is 32.0. The van der Waals surface area contributed by atoms with Crippen LogP contribution in [0.2, 0.25) is 35.2 Å². The fraction of sp³-hybridized carbons (Fsp3) is 0.286. The smallest absolute Gasteiger partial charge is 1.00 e. The van der Waals surface area contributed by atoms with Crippen molar-refractivity contribution in [3.05, 3.63) is 219 Å². The number of halogens is 13. The molecule has 0 saturated carbocycles. The monoisotopic (exact) mass is 1530 g/mol. The van der Waals surface area contributed by atoms with Crippen molar-refractivity contribution >= 4 is 137 Å². The topological polar surface area (TPSA) is 241 Å². The van der Waals surface area contributed by atoms with Crippen LogP contribution in [-0.2, 0) is 46.6 Å². The second kappa shape index (κ2) is 39.7. The number of esters is 1. The van der Waals surface area contributed by atoms with E-state index in [1.54, 1.807) is 24.3 Å². The third-order valence-electron chi connectivity index (χ3n) is 12.9. The summed E-state index contributed by atoms with van der Waals surface area (Å²) in [6, 6.07) is 27.0. The van der Waals surface area contributed by atoms with Gasteiger partial charge in [0.15, 0.2) is 12.4 Å². The number of methoxy groups -OCH3 is 2. The maximum atomic E-state index is 13.6. The summed E-state index contributed by atoms with van der Waals surface area (Å²) < 4.78 is 149. The summed E-state index contributed by atoms with van der Waals surface area (Å²) in [5, 5.41) is 23.0. The number of ether oxygens (including phenoxy) is 3. The third kappa shape index (κ3) is 25.4. The quantitative estimate of drug-likeness (QED) is 0.0267. The average Bonchev–Trinajstić information content (AvgIpc) is 1.73. The predicted molar refractivity (Wildman–Crippen MR) is 354 cm³/mol. The number of benzene rings is 6. The van der Waals surface area contributed by atoms with Gasteiger partial charge in [0.2, 0.25) is 0 Å². The molecule has 98 heavy (non-hydrogen) atoms. The van der Waals surface area contributed by atoms with E-state index in [4.69, 9.17) is 106 Å². The number of carboxylic acids is 2. The number of sulfonamides is 2. The Kier molecular flexibility index (Phi) is 37.8. The molecule has 17 nitrogen and oxygen atoms in total. The Labute approximate surface area is 637 Å². The van der Waals surface area contributed by atoms with Crippen LogP contribution in [0.1, 0.15) is 133 Å². The molecule has 1 aromatic heterocycles. The molecule has 518 valence electrons. The number of aromatic carboxylic acids is 2. The Morgan fingerprint density at radius 1 is 0.694 bits per heavy atom. The second-order valence-electron chi connectivity index (χ2n) is 20.8. The van der Waals surface area contributed by atoms with Crippen LogP contribution < -0.4 is 70.3 Å². The van der Waals surface area contributed by atoms with E-state index in [-0.39, 0.29) is 149 Å². The van der Waals surface area contributed by atoms with E-state index in [9.17, 15) is 67.5 Å². The standard InChI is InChI=1S/C22H14Cl3F3N2O5S.C16H12Cl2F3NO4S.C9H18N.C7H5ClO2.C7H4ClO2.2CH4.3Li.H/c1-34-10-30(36(32,33)12-5-6-15(24)14(8-12)22(26,27)28)17-7-11(23)9-29-19(17)20-18-13(21(31)35-20)3-2-4-16(18)25;1-26-9-22(15-6-11(17)3-2-10(15)8-23)27(24,25)12-4-5-14(18)13(7-12)16(19,20)21;1-8(2)6-5-7-9(3,4)10-8;2*8-6-3-1-2-5(4-6)7(9)10;;;;;;/h2-9,20H,10H2,1H3;2-8H,9H2,1H3;5-7H2,1-4H3;1-4H,(H,9,10);1-3H,(H,9,10);2*1H4;;;;/q;;-1;;-1;;;3*+1;-1/p-1. The fourth-order valence-electron chi connectivity index (χ4n) is 8.93. The zero-order valence-electron chi connectivity index (χ0n) is 53.2. The summed E-state index contributed by atoms with van der Waals surface area (Å²) >= 11 is 40.4. The molecule has 0 radical (unpaired) electrons. The number of carbonyl (C=O) groups excluding carboxylic acids is 3. The van der Waals surface area contributed by atoms with Crippen LogP contribution in [0.5, 0.6) is 0 Å². The molecule has 1 N–H and O–H groups in total. The number of nitrogens with zero attached hydrogens (tertiary/aromatic N) is 4. The molecule has 0 amide bonds. The molecule has 7 aromatic rings. The molecule has 1 saturated heterocycles. The Bertz CT molecular complexity index is 4070. The minimum atomic E-state index is -4.91. The van der Waals surface area contributed by atoms with Gasteiger partial charge < -0.3 is 36.0 Å². The van der Waals surface area contributed by atoms with Gasteiger partial charge in [0.25, 0.3) is 20.0 Å². The summed E-state index contributed by atoms with van der Waals surface area (Å²) in [7, 11) is -6.86. The van der Waals surface area contributed by atoms with Crippen LogP contribution in [0.15, 0.2) is 137 Å². The number of cyclic esters (lactones) is 1. The van der Waals surface area contributed by atoms with Gasteiger partial charge in [-0.2, -0.15) is 26.3 Å². The minimum absolute atomic E-state index is 0. The Morgan fingerprint density at radius 3 is 1.59 bits per heavy atom. The van der Waals surface area contributed by atoms with E-state index in [0.717, 1.165) is 24.3 Å². The number of rotatable bonds is 14. The largest absolute Gasteiger partial charge is 1.00 e. The van der Waals surface area contributed by atoms with E-state index < -0.39 is 101 Å². The van der Waals surface area contributed by atoms with E-state index in [2.05, 4.69) is 38.7 Å². The van der Waals surface area contributed by atoms with Crippen molar-refractivity contribution in [2.75, 3.05) is 36.3 Å². The van der Waals surface area contributed by atoms with E-state index in [1.807, 2.05) is 0 Å². The molecule has 0 spiro atoms. The van der Waals surface area contributed by atoms with Gasteiger partial charge >= 0.3 is 80.9 Å². The van der Waals surface area contributed by atoms with Crippen molar-refractivity contribution < 1.29 is 145 Å². The van der Waals surface area contributed by atoms with Gasteiger partial charge in [0.05, 0.1) is 58.5 Å². The summed E-state index contributed by atoms with van der Waals surface area (Å²) in [4.78, 5) is 47.0. The molecule has 2 aliphatic heterocycles. The number of hydrogen-bond donors (Lipinski definition) is 1. The number of alkyl halides is 6. The van der Waals surface area contributed by atoms with Crippen LogP contribution >= 0.6 is 81.2 Å². The molecular weight excluding hydrogens is 1470 g/mol. The first-order valence-electron chi connectivity index (χ1n) is 26.5. The normalized spacial score (nSPS) is 14.0. The Morgan fingerprint density at radius 2 is 1.17 bits per heavy atom. The predicted octanol–water partition coefficient (Wildman–Crippen LogP) is 8.78. The molecule has 35 heteroatoms. The zero-order chi connectivity index (χ0) is 69.8. The third-order valence-corrected chi connectivity index (χ3v) is 18.3. The number of aromatic nitrogens is 1. The first-order chi connectivity index (χ1) is 43.2. The van der Waals surface area contributed by atoms with E-state index >= 15 is 0 Å². The van der Waals surface area contributed by atoms with Crippen LogP contribution in [0.25, 0.3) is 5.32 Å². The number of fused-ring (bicyclic) bond motifs is 1. The summed E-state index contributed by atoms with van der Waals surface area (Å²) in [5.41, 5.74) is -2.01. The Hall–Kier alpha value is -4.67. The van der Waals surface area contributed by atoms with E-state index in [1.165, 1.54) is 100 Å². The van der Waals surface area contributed by atoms with Gasteiger partial charge in [-0.15, -0.1) is 52.5 Å². The molecule has 6 aromatic carbocycles. The zero-order valence-corrected chi connectivity index (χ0v) is 59.1. The van der Waals surface area contributed by atoms with Gasteiger partial charge in [-0.25, -0.2) is 35.0 Å². The molecule has 9 rings (SSSR count). The van der Waals surface area contributed by atoms with Crippen molar-refractivity contribution in [1.82, 2.24) is 4.98 Å². The molecule has 0 aliphatic carbocycles. The number of anilines is 2. The molecular formula is C63H61Cl7F6Li3N4O13S2-. The summed E-state index contributed by atoms with van der Waals surface area (Å²) in [5.74, 6) is -2.93.